The van der Waals surface area contributed by atoms with E-state index in [0.29, 0.717) is 17.6 Å². The molecule has 1 aliphatic heterocycles. The summed E-state index contributed by atoms with van der Waals surface area (Å²) in [5.74, 6) is 0.722. The van der Waals surface area contributed by atoms with Gasteiger partial charge in [-0.25, -0.2) is 9.78 Å². The van der Waals surface area contributed by atoms with Crippen LogP contribution in [0.4, 0.5) is 9.93 Å². The molecule has 5 rings (SSSR count). The Hall–Kier alpha value is -2.41. The molecule has 7 heteroatoms. The Morgan fingerprint density at radius 2 is 2.03 bits per heavy atom. The van der Waals surface area contributed by atoms with Crippen LogP contribution in [0.1, 0.15) is 55.7 Å². The maximum atomic E-state index is 12.4. The van der Waals surface area contributed by atoms with Crippen molar-refractivity contribution in [2.24, 2.45) is 23.2 Å². The van der Waals surface area contributed by atoms with Gasteiger partial charge in [0, 0.05) is 29.2 Å². The molecule has 0 radical (unpaired) electrons. The summed E-state index contributed by atoms with van der Waals surface area (Å²) in [7, 11) is 0. The summed E-state index contributed by atoms with van der Waals surface area (Å²) < 4.78 is 5.90. The molecule has 0 bridgehead atoms. The number of rotatable bonds is 3. The second-order valence-electron chi connectivity index (χ2n) is 9.66. The number of esters is 1. The maximum Gasteiger partial charge on any atom is 0.321 e. The van der Waals surface area contributed by atoms with Gasteiger partial charge in [0.1, 0.15) is 6.10 Å². The number of anilines is 1. The molecule has 1 saturated heterocycles. The van der Waals surface area contributed by atoms with Crippen LogP contribution in [0.5, 0.6) is 0 Å². The van der Waals surface area contributed by atoms with Gasteiger partial charge < -0.3 is 10.1 Å². The van der Waals surface area contributed by atoms with E-state index in [4.69, 9.17) is 9.72 Å². The first-order valence-electron chi connectivity index (χ1n) is 11.1. The number of ether oxygens (including phenoxy) is 1. The molecule has 1 saturated carbocycles. The number of carbonyl (C=O) groups is 2. The van der Waals surface area contributed by atoms with Gasteiger partial charge in [-0.15, -0.1) is 11.3 Å². The van der Waals surface area contributed by atoms with Crippen molar-refractivity contribution in [3.8, 4) is 0 Å². The molecular weight excluding hydrogens is 410 g/mol. The first kappa shape index (κ1) is 20.5. The minimum absolute atomic E-state index is 0.0101. The smallest absolute Gasteiger partial charge is 0.321 e. The zero-order chi connectivity index (χ0) is 21.8. The Kier molecular flexibility index (Phi) is 5.04. The lowest BCUT2D eigenvalue weighted by Gasteiger charge is -2.51. The number of nitrogens with one attached hydrogen (secondary N) is 2. The van der Waals surface area contributed by atoms with E-state index in [2.05, 4.69) is 24.5 Å². The summed E-state index contributed by atoms with van der Waals surface area (Å²) in [6.07, 6.45) is 3.05. The van der Waals surface area contributed by atoms with Crippen molar-refractivity contribution in [1.82, 2.24) is 10.3 Å². The van der Waals surface area contributed by atoms with Crippen LogP contribution in [0, 0.1) is 23.2 Å². The maximum absolute atomic E-state index is 12.4. The Morgan fingerprint density at radius 3 is 2.81 bits per heavy atom. The quantitative estimate of drug-likeness (QED) is 0.678. The normalized spacial score (nSPS) is 33.6. The summed E-state index contributed by atoms with van der Waals surface area (Å²) in [6.45, 7) is 7.02. The minimum Gasteiger partial charge on any atom is -0.461 e. The summed E-state index contributed by atoms with van der Waals surface area (Å²) in [5.41, 5.74) is 2.20. The zero-order valence-electron chi connectivity index (χ0n) is 18.2. The first-order chi connectivity index (χ1) is 14.9. The third-order valence-electron chi connectivity index (χ3n) is 7.67. The summed E-state index contributed by atoms with van der Waals surface area (Å²) in [4.78, 5) is 30.7. The van der Waals surface area contributed by atoms with Crippen molar-refractivity contribution in [2.75, 3.05) is 5.32 Å². The molecular formula is C24H29N3O3S. The number of hydrogen-bond donors (Lipinski definition) is 2. The van der Waals surface area contributed by atoms with Gasteiger partial charge in [0.15, 0.2) is 5.13 Å². The van der Waals surface area contributed by atoms with E-state index in [1.54, 1.807) is 11.3 Å². The largest absolute Gasteiger partial charge is 0.461 e. The lowest BCUT2D eigenvalue weighted by molar-refractivity contribution is -0.149. The first-order valence-corrected chi connectivity index (χ1v) is 12.0. The van der Waals surface area contributed by atoms with Crippen molar-refractivity contribution in [3.63, 3.8) is 0 Å². The van der Waals surface area contributed by atoms with Crippen molar-refractivity contribution < 1.29 is 14.3 Å². The Balaban J connectivity index is 1.32. The van der Waals surface area contributed by atoms with Crippen LogP contribution in [0.25, 0.3) is 0 Å². The second-order valence-corrected chi connectivity index (χ2v) is 10.7. The second kappa shape index (κ2) is 7.62. The topological polar surface area (TPSA) is 80.3 Å². The molecule has 0 unspecified atom stereocenters. The van der Waals surface area contributed by atoms with E-state index >= 15 is 0 Å². The van der Waals surface area contributed by atoms with Gasteiger partial charge in [-0.3, -0.25) is 10.1 Å². The molecule has 31 heavy (non-hydrogen) atoms. The number of thiazole rings is 1. The number of fused-ring (bicyclic) bond motifs is 4. The number of hydrogen-bond acceptors (Lipinski definition) is 5. The van der Waals surface area contributed by atoms with E-state index in [0.717, 1.165) is 30.5 Å². The Bertz CT molecular complexity index is 1010. The summed E-state index contributed by atoms with van der Waals surface area (Å²) >= 11 is 1.58. The monoisotopic (exact) mass is 439 g/mol. The van der Waals surface area contributed by atoms with Gasteiger partial charge in [0.05, 0.1) is 11.6 Å². The van der Waals surface area contributed by atoms with E-state index in [-0.39, 0.29) is 41.3 Å². The SMILES string of the molecule is C[C@@H]1C(=O)O[C@H]2[C@H]1CC[C@@]1(C)Cc3sc(NC(=O)NCc4ccccc4)nc3[C@@H](C)[C@H]21. The fourth-order valence-corrected chi connectivity index (χ4v) is 7.31. The van der Waals surface area contributed by atoms with Crippen LogP contribution in [-0.4, -0.2) is 23.1 Å². The molecule has 2 N–H and O–H groups in total. The van der Waals surface area contributed by atoms with Crippen LogP contribution < -0.4 is 10.6 Å². The fraction of sp³-hybridized carbons (Fsp3) is 0.542. The van der Waals surface area contributed by atoms with Gasteiger partial charge in [0.2, 0.25) is 0 Å². The van der Waals surface area contributed by atoms with Crippen LogP contribution in [-0.2, 0) is 22.5 Å². The number of carbonyl (C=O) groups excluding carboxylic acids is 2. The average molecular weight is 440 g/mol. The highest BCUT2D eigenvalue weighted by atomic mass is 32.1. The van der Waals surface area contributed by atoms with Crippen molar-refractivity contribution in [1.29, 1.82) is 0 Å². The molecule has 2 aliphatic carbocycles. The number of urea groups is 1. The van der Waals surface area contributed by atoms with Gasteiger partial charge >= 0.3 is 12.0 Å². The van der Waals surface area contributed by atoms with Gasteiger partial charge in [0.25, 0.3) is 0 Å². The minimum atomic E-state index is -0.246. The van der Waals surface area contributed by atoms with Gasteiger partial charge in [-0.05, 0) is 30.2 Å². The molecule has 6 nitrogen and oxygen atoms in total. The molecule has 1 aromatic heterocycles. The molecule has 0 spiro atoms. The third-order valence-corrected chi connectivity index (χ3v) is 8.66. The van der Waals surface area contributed by atoms with Crippen LogP contribution in [0.3, 0.4) is 0 Å². The van der Waals surface area contributed by atoms with Crippen molar-refractivity contribution in [2.45, 2.75) is 58.6 Å². The molecule has 1 aromatic carbocycles. The highest BCUT2D eigenvalue weighted by Gasteiger charge is 2.58. The van der Waals surface area contributed by atoms with E-state index in [1.807, 2.05) is 37.3 Å². The Morgan fingerprint density at radius 1 is 1.26 bits per heavy atom. The van der Waals surface area contributed by atoms with Crippen molar-refractivity contribution in [3.05, 3.63) is 46.5 Å². The lowest BCUT2D eigenvalue weighted by Crippen LogP contribution is -2.50. The Labute approximate surface area is 186 Å². The van der Waals surface area contributed by atoms with Crippen molar-refractivity contribution >= 4 is 28.5 Å². The number of aromatic nitrogens is 1. The fourth-order valence-electron chi connectivity index (χ4n) is 6.05. The predicted octanol–water partition coefficient (Wildman–Crippen LogP) is 4.72. The highest BCUT2D eigenvalue weighted by Crippen LogP contribution is 2.59. The average Bonchev–Trinajstić information content (AvgIpc) is 3.26. The van der Waals surface area contributed by atoms with Gasteiger partial charge in [-0.2, -0.15) is 0 Å². The molecule has 2 aromatic rings. The number of nitrogens with zero attached hydrogens (tertiary/aromatic N) is 1. The third kappa shape index (κ3) is 3.53. The summed E-state index contributed by atoms with van der Waals surface area (Å²) in [5, 5.41) is 6.45. The molecule has 2 amide bonds. The molecule has 164 valence electrons. The van der Waals surface area contributed by atoms with E-state index in [9.17, 15) is 9.59 Å². The molecule has 6 atom stereocenters. The number of amides is 2. The standard InChI is InChI=1S/C24H29N3O3S/c1-13-16-9-10-24(3)11-17-19(14(2)18(24)20(16)30-21(13)28)26-23(31-17)27-22(29)25-12-15-7-5-4-6-8-15/h4-8,13-14,16,18,20H,9-12H2,1-3H3,(H2,25,26,27,29)/t13-,14-,16-,18+,20-,24-/m0/s1. The predicted molar refractivity (Wildman–Crippen MR) is 120 cm³/mol. The van der Waals surface area contributed by atoms with E-state index < -0.39 is 0 Å². The van der Waals surface area contributed by atoms with Crippen LogP contribution in [0.2, 0.25) is 0 Å². The van der Waals surface area contributed by atoms with Crippen LogP contribution in [0.15, 0.2) is 30.3 Å². The molecule has 2 heterocycles. The summed E-state index contributed by atoms with van der Waals surface area (Å²) in [6, 6.07) is 9.59. The van der Waals surface area contributed by atoms with E-state index in [1.165, 1.54) is 4.88 Å². The number of benzene rings is 1. The van der Waals surface area contributed by atoms with Crippen LogP contribution >= 0.6 is 11.3 Å². The zero-order valence-corrected chi connectivity index (χ0v) is 19.0. The lowest BCUT2D eigenvalue weighted by atomic mass is 9.54. The highest BCUT2D eigenvalue weighted by molar-refractivity contribution is 7.15. The van der Waals surface area contributed by atoms with Gasteiger partial charge in [-0.1, -0.05) is 51.1 Å². The molecule has 2 fully saturated rings. The molecule has 3 aliphatic rings.